The number of carbonyl (C=O) groups excluding carboxylic acids is 1. The van der Waals surface area contributed by atoms with Crippen LogP contribution in [-0.4, -0.2) is 13.1 Å². The zero-order chi connectivity index (χ0) is 11.8. The molecule has 0 aromatic carbocycles. The van der Waals surface area contributed by atoms with Gasteiger partial charge >= 0.3 is 5.97 Å². The first-order valence-corrected chi connectivity index (χ1v) is 6.64. The van der Waals surface area contributed by atoms with Crippen LogP contribution in [-0.2, 0) is 9.53 Å². The summed E-state index contributed by atoms with van der Waals surface area (Å²) in [6.45, 7) is 4.76. The van der Waals surface area contributed by atoms with E-state index in [1.54, 1.807) is 0 Å². The molecular formula is C14H24O2. The summed E-state index contributed by atoms with van der Waals surface area (Å²) < 4.78 is 4.97. The van der Waals surface area contributed by atoms with Crippen molar-refractivity contribution in [2.24, 2.45) is 23.2 Å². The zero-order valence-corrected chi connectivity index (χ0v) is 10.8. The maximum absolute atomic E-state index is 11.8. The number of rotatable bonds is 1. The first-order chi connectivity index (χ1) is 7.56. The van der Waals surface area contributed by atoms with Crippen LogP contribution in [0.15, 0.2) is 0 Å². The summed E-state index contributed by atoms with van der Waals surface area (Å²) in [5.74, 6) is 1.54. The maximum Gasteiger partial charge on any atom is 0.308 e. The third-order valence-electron chi connectivity index (χ3n) is 4.93. The average Bonchev–Trinajstić information content (AvgIpc) is 2.27. The highest BCUT2D eigenvalue weighted by atomic mass is 16.5. The van der Waals surface area contributed by atoms with Gasteiger partial charge in [-0.15, -0.1) is 0 Å². The van der Waals surface area contributed by atoms with E-state index in [1.807, 2.05) is 0 Å². The van der Waals surface area contributed by atoms with Gasteiger partial charge in [0, 0.05) is 0 Å². The summed E-state index contributed by atoms with van der Waals surface area (Å²) in [4.78, 5) is 11.8. The average molecular weight is 224 g/mol. The minimum atomic E-state index is 0.0346. The highest BCUT2D eigenvalue weighted by molar-refractivity contribution is 5.72. The lowest BCUT2D eigenvalue weighted by Crippen LogP contribution is -2.43. The number of hydrogen-bond donors (Lipinski definition) is 0. The molecule has 2 aliphatic carbocycles. The van der Waals surface area contributed by atoms with Crippen molar-refractivity contribution in [2.45, 2.75) is 52.4 Å². The van der Waals surface area contributed by atoms with Crippen LogP contribution in [0, 0.1) is 23.2 Å². The molecule has 16 heavy (non-hydrogen) atoms. The summed E-state index contributed by atoms with van der Waals surface area (Å²) in [6, 6.07) is 0. The first-order valence-electron chi connectivity index (χ1n) is 6.64. The van der Waals surface area contributed by atoms with E-state index in [9.17, 15) is 4.79 Å². The molecule has 0 spiro atoms. The van der Waals surface area contributed by atoms with Crippen LogP contribution in [0.4, 0.5) is 0 Å². The van der Waals surface area contributed by atoms with Crippen molar-refractivity contribution in [1.82, 2.24) is 0 Å². The maximum atomic E-state index is 11.8. The second-order valence-electron chi connectivity index (χ2n) is 6.21. The molecule has 0 radical (unpaired) electrons. The van der Waals surface area contributed by atoms with E-state index in [0.717, 1.165) is 12.3 Å². The highest BCUT2D eigenvalue weighted by Gasteiger charge is 2.46. The van der Waals surface area contributed by atoms with Crippen LogP contribution >= 0.6 is 0 Å². The predicted octanol–water partition coefficient (Wildman–Crippen LogP) is 3.40. The molecule has 2 saturated carbocycles. The first kappa shape index (κ1) is 11.9. The lowest BCUT2D eigenvalue weighted by molar-refractivity contribution is -0.152. The molecule has 3 atom stereocenters. The van der Waals surface area contributed by atoms with Crippen LogP contribution in [0.5, 0.6) is 0 Å². The summed E-state index contributed by atoms with van der Waals surface area (Å²) in [5.41, 5.74) is 0.426. The fraction of sp³-hybridized carbons (Fsp3) is 0.929. The minimum Gasteiger partial charge on any atom is -0.469 e. The summed E-state index contributed by atoms with van der Waals surface area (Å²) in [7, 11) is 1.53. The Hall–Kier alpha value is -0.530. The molecule has 0 saturated heterocycles. The van der Waals surface area contributed by atoms with Crippen molar-refractivity contribution in [2.75, 3.05) is 7.11 Å². The van der Waals surface area contributed by atoms with Crippen LogP contribution < -0.4 is 0 Å². The Morgan fingerprint density at radius 2 is 1.94 bits per heavy atom. The number of fused-ring (bicyclic) bond motifs is 1. The fourth-order valence-corrected chi connectivity index (χ4v) is 4.06. The van der Waals surface area contributed by atoms with Gasteiger partial charge < -0.3 is 4.74 Å². The van der Waals surface area contributed by atoms with Crippen LogP contribution in [0.25, 0.3) is 0 Å². The van der Waals surface area contributed by atoms with E-state index in [2.05, 4.69) is 13.8 Å². The van der Waals surface area contributed by atoms with Crippen molar-refractivity contribution < 1.29 is 9.53 Å². The van der Waals surface area contributed by atoms with Crippen molar-refractivity contribution >= 4 is 5.97 Å². The fourth-order valence-electron chi connectivity index (χ4n) is 4.06. The Labute approximate surface area is 98.7 Å². The molecule has 0 bridgehead atoms. The van der Waals surface area contributed by atoms with Gasteiger partial charge in [0.1, 0.15) is 0 Å². The smallest absolute Gasteiger partial charge is 0.308 e. The van der Waals surface area contributed by atoms with Gasteiger partial charge in [0.05, 0.1) is 13.0 Å². The number of hydrogen-bond acceptors (Lipinski definition) is 2. The molecule has 0 aromatic rings. The van der Waals surface area contributed by atoms with Gasteiger partial charge in [-0.1, -0.05) is 26.7 Å². The molecule has 0 aromatic heterocycles. The molecular weight excluding hydrogens is 200 g/mol. The summed E-state index contributed by atoms with van der Waals surface area (Å²) in [6.07, 6.45) is 7.39. The standard InChI is InChI=1S/C14H24O2/c1-14(2)9-5-7-10-11(13(15)16-3)6-4-8-12(10)14/h10-12H,4-9H2,1-3H3. The molecule has 0 heterocycles. The van der Waals surface area contributed by atoms with E-state index in [-0.39, 0.29) is 11.9 Å². The van der Waals surface area contributed by atoms with Crippen LogP contribution in [0.1, 0.15) is 52.4 Å². The normalized spacial score (nSPS) is 37.6. The van der Waals surface area contributed by atoms with Gasteiger partial charge in [-0.3, -0.25) is 4.79 Å². The molecule has 2 nitrogen and oxygen atoms in total. The molecule has 0 N–H and O–H groups in total. The topological polar surface area (TPSA) is 26.3 Å². The number of ether oxygens (including phenoxy) is 1. The molecule has 2 fully saturated rings. The Balaban J connectivity index is 2.16. The zero-order valence-electron chi connectivity index (χ0n) is 10.8. The second kappa shape index (κ2) is 4.38. The Kier molecular flexibility index (Phi) is 3.27. The molecule has 0 aliphatic heterocycles. The van der Waals surface area contributed by atoms with Gasteiger partial charge in [-0.05, 0) is 42.9 Å². The molecule has 92 valence electrons. The Morgan fingerprint density at radius 1 is 1.19 bits per heavy atom. The van der Waals surface area contributed by atoms with Crippen molar-refractivity contribution in [3.8, 4) is 0 Å². The number of esters is 1. The van der Waals surface area contributed by atoms with Crippen molar-refractivity contribution in [1.29, 1.82) is 0 Å². The van der Waals surface area contributed by atoms with Gasteiger partial charge in [-0.25, -0.2) is 0 Å². The largest absolute Gasteiger partial charge is 0.469 e. The molecule has 0 amide bonds. The van der Waals surface area contributed by atoms with Gasteiger partial charge in [-0.2, -0.15) is 0 Å². The van der Waals surface area contributed by atoms with Crippen molar-refractivity contribution in [3.05, 3.63) is 0 Å². The quantitative estimate of drug-likeness (QED) is 0.638. The van der Waals surface area contributed by atoms with E-state index in [4.69, 9.17) is 4.74 Å². The minimum absolute atomic E-state index is 0.0346. The molecule has 2 heteroatoms. The summed E-state index contributed by atoms with van der Waals surface area (Å²) >= 11 is 0. The predicted molar refractivity (Wildman–Crippen MR) is 64.0 cm³/mol. The van der Waals surface area contributed by atoms with Gasteiger partial charge in [0.25, 0.3) is 0 Å². The number of methoxy groups -OCH3 is 1. The monoisotopic (exact) mass is 224 g/mol. The van der Waals surface area contributed by atoms with E-state index >= 15 is 0 Å². The third kappa shape index (κ3) is 1.99. The lowest BCUT2D eigenvalue weighted by Gasteiger charge is -2.49. The van der Waals surface area contributed by atoms with Crippen LogP contribution in [0.2, 0.25) is 0 Å². The van der Waals surface area contributed by atoms with Crippen molar-refractivity contribution in [3.63, 3.8) is 0 Å². The number of carbonyl (C=O) groups is 1. The van der Waals surface area contributed by atoms with Gasteiger partial charge in [0.2, 0.25) is 0 Å². The lowest BCUT2D eigenvalue weighted by atomic mass is 9.56. The van der Waals surface area contributed by atoms with E-state index < -0.39 is 0 Å². The Morgan fingerprint density at radius 3 is 2.62 bits per heavy atom. The van der Waals surface area contributed by atoms with Gasteiger partial charge in [0.15, 0.2) is 0 Å². The highest BCUT2D eigenvalue weighted by Crippen LogP contribution is 2.52. The molecule has 2 aliphatic rings. The van der Waals surface area contributed by atoms with E-state index in [0.29, 0.717) is 11.3 Å². The summed E-state index contributed by atoms with van der Waals surface area (Å²) in [5, 5.41) is 0. The Bertz CT molecular complexity index is 270. The van der Waals surface area contributed by atoms with Crippen LogP contribution in [0.3, 0.4) is 0 Å². The molecule has 3 unspecified atom stereocenters. The van der Waals surface area contributed by atoms with E-state index in [1.165, 1.54) is 39.2 Å². The third-order valence-corrected chi connectivity index (χ3v) is 4.93. The SMILES string of the molecule is COC(=O)C1CCCC2C1CCCC2(C)C. The molecule has 2 rings (SSSR count). The second-order valence-corrected chi connectivity index (χ2v) is 6.21.